The minimum absolute atomic E-state index is 0.0428. The van der Waals surface area contributed by atoms with Gasteiger partial charge in [-0.1, -0.05) is 43.2 Å². The summed E-state index contributed by atoms with van der Waals surface area (Å²) in [5, 5.41) is 12.0. The lowest BCUT2D eigenvalue weighted by Gasteiger charge is -2.23. The lowest BCUT2D eigenvalue weighted by molar-refractivity contribution is 0.0493. The number of unbranched alkanes of at least 4 members (excludes halogenated alkanes) is 3. The molecule has 0 fully saturated rings. The Morgan fingerprint density at radius 2 is 1.68 bits per heavy atom. The molecular formula is C23H39NO4. The Bertz CT molecular complexity index is 513. The van der Waals surface area contributed by atoms with Gasteiger partial charge in [-0.3, -0.25) is 0 Å². The number of aliphatic hydroxyl groups is 1. The van der Waals surface area contributed by atoms with E-state index in [1.165, 1.54) is 5.56 Å². The lowest BCUT2D eigenvalue weighted by Crippen LogP contribution is -2.39. The molecule has 1 aromatic carbocycles. The Morgan fingerprint density at radius 1 is 1.00 bits per heavy atom. The van der Waals surface area contributed by atoms with Gasteiger partial charge in [0.2, 0.25) is 0 Å². The van der Waals surface area contributed by atoms with Crippen LogP contribution in [0.15, 0.2) is 30.3 Å². The van der Waals surface area contributed by atoms with Crippen molar-refractivity contribution in [1.82, 2.24) is 5.32 Å². The fourth-order valence-corrected chi connectivity index (χ4v) is 2.97. The van der Waals surface area contributed by atoms with E-state index in [9.17, 15) is 9.90 Å². The Morgan fingerprint density at radius 3 is 2.32 bits per heavy atom. The molecule has 0 saturated carbocycles. The van der Waals surface area contributed by atoms with Crippen LogP contribution in [0.3, 0.4) is 0 Å². The second kappa shape index (κ2) is 14.4. The van der Waals surface area contributed by atoms with Gasteiger partial charge in [-0.15, -0.1) is 0 Å². The van der Waals surface area contributed by atoms with Crippen molar-refractivity contribution in [2.24, 2.45) is 0 Å². The van der Waals surface area contributed by atoms with Crippen molar-refractivity contribution in [3.05, 3.63) is 35.9 Å². The highest BCUT2D eigenvalue weighted by molar-refractivity contribution is 5.68. The van der Waals surface area contributed by atoms with Crippen molar-refractivity contribution in [2.75, 3.05) is 19.8 Å². The van der Waals surface area contributed by atoms with Gasteiger partial charge in [0.05, 0.1) is 0 Å². The molecule has 5 heteroatoms. The van der Waals surface area contributed by atoms with Gasteiger partial charge in [-0.05, 0) is 64.9 Å². The number of amides is 1. The average molecular weight is 394 g/mol. The maximum Gasteiger partial charge on any atom is 0.407 e. The minimum atomic E-state index is -0.508. The van der Waals surface area contributed by atoms with Crippen LogP contribution < -0.4 is 5.32 Å². The van der Waals surface area contributed by atoms with Crippen molar-refractivity contribution in [2.45, 2.75) is 83.8 Å². The number of carbonyl (C=O) groups excluding carboxylic acids is 1. The molecule has 0 aliphatic carbocycles. The number of benzene rings is 1. The highest BCUT2D eigenvalue weighted by atomic mass is 16.6. The molecule has 0 aliphatic heterocycles. The van der Waals surface area contributed by atoms with E-state index in [1.54, 1.807) is 0 Å². The highest BCUT2D eigenvalue weighted by Gasteiger charge is 2.19. The van der Waals surface area contributed by atoms with E-state index >= 15 is 0 Å². The standard InChI is InChI=1S/C23H39NO4/c1-23(2,3)28-22(26)24-21(16-17-25)15-8-5-10-18-27-19-11-9-14-20-12-6-4-7-13-20/h4,6-7,12-13,21,25H,5,8-11,14-19H2,1-3H3,(H,24,26). The summed E-state index contributed by atoms with van der Waals surface area (Å²) in [5.41, 5.74) is 0.881. The third kappa shape index (κ3) is 13.6. The van der Waals surface area contributed by atoms with Crippen molar-refractivity contribution < 1.29 is 19.4 Å². The van der Waals surface area contributed by atoms with Gasteiger partial charge in [-0.25, -0.2) is 4.79 Å². The topological polar surface area (TPSA) is 67.8 Å². The number of nitrogens with one attached hydrogen (secondary N) is 1. The molecule has 5 nitrogen and oxygen atoms in total. The van der Waals surface area contributed by atoms with E-state index < -0.39 is 11.7 Å². The first-order valence-corrected chi connectivity index (χ1v) is 10.6. The van der Waals surface area contributed by atoms with Crippen LogP contribution in [-0.4, -0.2) is 42.7 Å². The largest absolute Gasteiger partial charge is 0.444 e. The SMILES string of the molecule is CC(C)(C)OC(=O)NC(CCO)CCCCCOCCCCc1ccccc1. The van der Waals surface area contributed by atoms with Gasteiger partial charge in [0.1, 0.15) is 5.60 Å². The van der Waals surface area contributed by atoms with Crippen molar-refractivity contribution in [3.8, 4) is 0 Å². The van der Waals surface area contributed by atoms with Crippen molar-refractivity contribution >= 4 is 6.09 Å². The van der Waals surface area contributed by atoms with E-state index in [0.29, 0.717) is 6.42 Å². The zero-order valence-corrected chi connectivity index (χ0v) is 17.9. The normalized spacial score (nSPS) is 12.6. The third-order valence-electron chi connectivity index (χ3n) is 4.39. The summed E-state index contributed by atoms with van der Waals surface area (Å²) in [6, 6.07) is 10.5. The van der Waals surface area contributed by atoms with E-state index in [2.05, 4.69) is 29.6 Å². The molecule has 1 aromatic rings. The highest BCUT2D eigenvalue weighted by Crippen LogP contribution is 2.11. The number of aliphatic hydroxyl groups excluding tert-OH is 1. The first-order chi connectivity index (χ1) is 13.4. The van der Waals surface area contributed by atoms with E-state index in [4.69, 9.17) is 9.47 Å². The van der Waals surface area contributed by atoms with Gasteiger partial charge < -0.3 is 19.9 Å². The van der Waals surface area contributed by atoms with Crippen LogP contribution in [-0.2, 0) is 15.9 Å². The summed E-state index contributed by atoms with van der Waals surface area (Å²) in [7, 11) is 0. The number of rotatable bonds is 14. The Kier molecular flexibility index (Phi) is 12.6. The van der Waals surface area contributed by atoms with Gasteiger partial charge >= 0.3 is 6.09 Å². The fourth-order valence-electron chi connectivity index (χ4n) is 2.97. The summed E-state index contributed by atoms with van der Waals surface area (Å²) in [4.78, 5) is 11.9. The molecular weight excluding hydrogens is 354 g/mol. The molecule has 1 rings (SSSR count). The van der Waals surface area contributed by atoms with Gasteiger partial charge in [-0.2, -0.15) is 0 Å². The molecule has 2 N–H and O–H groups in total. The monoisotopic (exact) mass is 393 g/mol. The maximum atomic E-state index is 11.9. The number of alkyl carbamates (subject to hydrolysis) is 1. The van der Waals surface area contributed by atoms with E-state index in [-0.39, 0.29) is 12.6 Å². The number of ether oxygens (including phenoxy) is 2. The van der Waals surface area contributed by atoms with Crippen LogP contribution in [0.1, 0.15) is 71.3 Å². The fraction of sp³-hybridized carbons (Fsp3) is 0.696. The van der Waals surface area contributed by atoms with E-state index in [0.717, 1.165) is 58.2 Å². The Balaban J connectivity index is 2.01. The van der Waals surface area contributed by atoms with Crippen molar-refractivity contribution in [3.63, 3.8) is 0 Å². The first-order valence-electron chi connectivity index (χ1n) is 10.6. The van der Waals surface area contributed by atoms with Crippen LogP contribution in [0.4, 0.5) is 4.79 Å². The molecule has 0 heterocycles. The maximum absolute atomic E-state index is 11.9. The average Bonchev–Trinajstić information content (AvgIpc) is 2.62. The molecule has 0 radical (unpaired) electrons. The number of carbonyl (C=O) groups is 1. The summed E-state index contributed by atoms with van der Waals surface area (Å²) in [6.07, 6.45) is 7.42. The number of hydrogen-bond acceptors (Lipinski definition) is 4. The molecule has 1 atom stereocenters. The van der Waals surface area contributed by atoms with Crippen LogP contribution in [0.2, 0.25) is 0 Å². The quantitative estimate of drug-likeness (QED) is 0.443. The molecule has 160 valence electrons. The van der Waals surface area contributed by atoms with Gasteiger partial charge in [0, 0.05) is 25.9 Å². The van der Waals surface area contributed by atoms with Crippen molar-refractivity contribution in [1.29, 1.82) is 0 Å². The summed E-state index contributed by atoms with van der Waals surface area (Å²) < 4.78 is 11.0. The van der Waals surface area contributed by atoms with Crippen LogP contribution in [0.25, 0.3) is 0 Å². The molecule has 0 aromatic heterocycles. The first kappa shape index (κ1) is 24.4. The number of hydrogen-bond donors (Lipinski definition) is 2. The predicted molar refractivity (Wildman–Crippen MR) is 114 cm³/mol. The summed E-state index contributed by atoms with van der Waals surface area (Å²) >= 11 is 0. The van der Waals surface area contributed by atoms with Crippen LogP contribution in [0.5, 0.6) is 0 Å². The third-order valence-corrected chi connectivity index (χ3v) is 4.39. The van der Waals surface area contributed by atoms with Gasteiger partial charge in [0.15, 0.2) is 0 Å². The van der Waals surface area contributed by atoms with Gasteiger partial charge in [0.25, 0.3) is 0 Å². The molecule has 0 spiro atoms. The lowest BCUT2D eigenvalue weighted by atomic mass is 10.1. The molecule has 1 amide bonds. The molecule has 28 heavy (non-hydrogen) atoms. The van der Waals surface area contributed by atoms with E-state index in [1.807, 2.05) is 26.8 Å². The summed E-state index contributed by atoms with van der Waals surface area (Å²) in [5.74, 6) is 0. The number of aryl methyl sites for hydroxylation is 1. The smallest absolute Gasteiger partial charge is 0.407 e. The Labute approximate surface area is 170 Å². The predicted octanol–water partition coefficient (Wildman–Crippen LogP) is 4.86. The van der Waals surface area contributed by atoms with Crippen LogP contribution in [0, 0.1) is 0 Å². The zero-order chi connectivity index (χ0) is 20.7. The summed E-state index contributed by atoms with van der Waals surface area (Å²) in [6.45, 7) is 7.20. The minimum Gasteiger partial charge on any atom is -0.444 e. The zero-order valence-electron chi connectivity index (χ0n) is 17.9. The second-order valence-electron chi connectivity index (χ2n) is 8.26. The molecule has 0 bridgehead atoms. The Hall–Kier alpha value is -1.59. The second-order valence-corrected chi connectivity index (χ2v) is 8.26. The molecule has 0 saturated heterocycles. The molecule has 1 unspecified atom stereocenters. The van der Waals surface area contributed by atoms with Crippen LogP contribution >= 0.6 is 0 Å². The molecule has 0 aliphatic rings.